The molecule has 1 saturated heterocycles. The Bertz CT molecular complexity index is 1190. The molecule has 3 heterocycles. The number of pyridine rings is 1. The number of sulfonamides is 1. The molecule has 0 radical (unpaired) electrons. The van der Waals surface area contributed by atoms with E-state index in [2.05, 4.69) is 24.7 Å². The number of aliphatic hydroxyl groups is 1. The second-order valence-electron chi connectivity index (χ2n) is 8.86. The SMILES string of the molecule is CC(C)c1noc(N2CCC(COc3ccc(-c4ccc(S(=O)(=O)NCCO)cc4)nc3)CC2)n1. The third kappa shape index (κ3) is 6.36. The summed E-state index contributed by atoms with van der Waals surface area (Å²) >= 11 is 0. The van der Waals surface area contributed by atoms with E-state index in [1.165, 1.54) is 12.1 Å². The van der Waals surface area contributed by atoms with E-state index in [-0.39, 0.29) is 24.0 Å². The fraction of sp³-hybridized carbons (Fsp3) is 0.458. The predicted octanol–water partition coefficient (Wildman–Crippen LogP) is 2.82. The number of rotatable bonds is 10. The molecule has 0 bridgehead atoms. The van der Waals surface area contributed by atoms with Crippen molar-refractivity contribution in [3.8, 4) is 17.0 Å². The highest BCUT2D eigenvalue weighted by atomic mass is 32.2. The van der Waals surface area contributed by atoms with Gasteiger partial charge in [-0.1, -0.05) is 31.1 Å². The number of aromatic nitrogens is 3. The van der Waals surface area contributed by atoms with Crippen LogP contribution in [0.4, 0.5) is 6.01 Å². The molecule has 1 aromatic carbocycles. The number of nitrogens with one attached hydrogen (secondary N) is 1. The lowest BCUT2D eigenvalue weighted by atomic mass is 9.98. The highest BCUT2D eigenvalue weighted by Crippen LogP contribution is 2.25. The lowest BCUT2D eigenvalue weighted by Gasteiger charge is -2.30. The summed E-state index contributed by atoms with van der Waals surface area (Å²) < 4.78 is 38.0. The van der Waals surface area contributed by atoms with Gasteiger partial charge in [0.05, 0.1) is 30.0 Å². The molecular formula is C24H31N5O5S. The normalized spacial score (nSPS) is 15.0. The van der Waals surface area contributed by atoms with Gasteiger partial charge < -0.3 is 19.3 Å². The van der Waals surface area contributed by atoms with Crippen LogP contribution in [0.1, 0.15) is 38.4 Å². The monoisotopic (exact) mass is 501 g/mol. The van der Waals surface area contributed by atoms with Crippen molar-refractivity contribution >= 4 is 16.0 Å². The van der Waals surface area contributed by atoms with Crippen LogP contribution in [0, 0.1) is 5.92 Å². The topological polar surface area (TPSA) is 131 Å². The molecule has 4 rings (SSSR count). The van der Waals surface area contributed by atoms with E-state index >= 15 is 0 Å². The van der Waals surface area contributed by atoms with Crippen molar-refractivity contribution in [2.45, 2.75) is 37.5 Å². The van der Waals surface area contributed by atoms with E-state index in [1.54, 1.807) is 18.3 Å². The van der Waals surface area contributed by atoms with Crippen molar-refractivity contribution in [2.75, 3.05) is 37.7 Å². The average molecular weight is 502 g/mol. The van der Waals surface area contributed by atoms with Gasteiger partial charge >= 0.3 is 6.01 Å². The Hall–Kier alpha value is -3.02. The quantitative estimate of drug-likeness (QED) is 0.430. The Morgan fingerprint density at radius 1 is 1.17 bits per heavy atom. The largest absolute Gasteiger partial charge is 0.492 e. The first-order valence-electron chi connectivity index (χ1n) is 11.7. The maximum absolute atomic E-state index is 12.1. The molecule has 0 saturated carbocycles. The summed E-state index contributed by atoms with van der Waals surface area (Å²) in [6, 6.07) is 10.8. The standard InChI is InChI=1S/C24H31N5O5S/c1-17(2)23-27-24(34-28-23)29-12-9-18(10-13-29)16-33-20-5-8-22(25-15-20)19-3-6-21(7-4-19)35(31,32)26-11-14-30/h3-8,15,17-18,26,30H,9-14,16H2,1-2H3. The Morgan fingerprint density at radius 3 is 2.51 bits per heavy atom. The fourth-order valence-electron chi connectivity index (χ4n) is 3.80. The van der Waals surface area contributed by atoms with Gasteiger partial charge in [-0.25, -0.2) is 13.1 Å². The van der Waals surface area contributed by atoms with Crippen molar-refractivity contribution in [3.63, 3.8) is 0 Å². The number of aliphatic hydroxyl groups excluding tert-OH is 1. The summed E-state index contributed by atoms with van der Waals surface area (Å²) in [7, 11) is -3.63. The summed E-state index contributed by atoms with van der Waals surface area (Å²) in [5.74, 6) is 2.11. The van der Waals surface area contributed by atoms with Gasteiger partial charge in [0.15, 0.2) is 5.82 Å². The van der Waals surface area contributed by atoms with Crippen molar-refractivity contribution in [1.29, 1.82) is 0 Å². The van der Waals surface area contributed by atoms with Crippen LogP contribution in [-0.4, -0.2) is 61.5 Å². The molecule has 3 aromatic rings. The van der Waals surface area contributed by atoms with Crippen LogP contribution in [0.15, 0.2) is 52.0 Å². The Balaban J connectivity index is 1.27. The minimum Gasteiger partial charge on any atom is -0.492 e. The van der Waals surface area contributed by atoms with Crippen LogP contribution >= 0.6 is 0 Å². The van der Waals surface area contributed by atoms with Gasteiger partial charge in [0.1, 0.15) is 5.75 Å². The fourth-order valence-corrected chi connectivity index (χ4v) is 4.82. The summed E-state index contributed by atoms with van der Waals surface area (Å²) in [6.07, 6.45) is 3.64. The van der Waals surface area contributed by atoms with Crippen molar-refractivity contribution in [2.24, 2.45) is 5.92 Å². The highest BCUT2D eigenvalue weighted by molar-refractivity contribution is 7.89. The van der Waals surface area contributed by atoms with E-state index in [0.29, 0.717) is 24.3 Å². The van der Waals surface area contributed by atoms with Gasteiger partial charge in [0, 0.05) is 31.1 Å². The molecule has 1 aliphatic rings. The Kier molecular flexibility index (Phi) is 7.99. The van der Waals surface area contributed by atoms with E-state index in [9.17, 15) is 8.42 Å². The second kappa shape index (κ2) is 11.1. The third-order valence-corrected chi connectivity index (χ3v) is 7.40. The van der Waals surface area contributed by atoms with Gasteiger partial charge in [-0.05, 0) is 43.0 Å². The van der Waals surface area contributed by atoms with Gasteiger partial charge in [-0.3, -0.25) is 4.98 Å². The molecule has 0 aliphatic carbocycles. The maximum Gasteiger partial charge on any atom is 0.324 e. The van der Waals surface area contributed by atoms with Crippen molar-refractivity contribution in [1.82, 2.24) is 19.8 Å². The molecule has 0 spiro atoms. The summed E-state index contributed by atoms with van der Waals surface area (Å²) in [6.45, 7) is 6.13. The number of nitrogens with zero attached hydrogens (tertiary/aromatic N) is 4. The smallest absolute Gasteiger partial charge is 0.324 e. The number of ether oxygens (including phenoxy) is 1. The van der Waals surface area contributed by atoms with Crippen LogP contribution in [0.2, 0.25) is 0 Å². The number of piperidine rings is 1. The second-order valence-corrected chi connectivity index (χ2v) is 10.6. The average Bonchev–Trinajstić information content (AvgIpc) is 3.38. The minimum absolute atomic E-state index is 0.0238. The van der Waals surface area contributed by atoms with E-state index < -0.39 is 10.0 Å². The van der Waals surface area contributed by atoms with Gasteiger partial charge in [0.2, 0.25) is 10.0 Å². The van der Waals surface area contributed by atoms with Crippen LogP contribution in [-0.2, 0) is 10.0 Å². The zero-order valence-corrected chi connectivity index (χ0v) is 20.7. The van der Waals surface area contributed by atoms with Crippen LogP contribution < -0.4 is 14.4 Å². The maximum atomic E-state index is 12.1. The molecule has 1 fully saturated rings. The molecule has 2 aromatic heterocycles. The highest BCUT2D eigenvalue weighted by Gasteiger charge is 2.24. The van der Waals surface area contributed by atoms with Crippen molar-refractivity contribution < 1.29 is 22.8 Å². The minimum atomic E-state index is -3.63. The molecule has 11 heteroatoms. The summed E-state index contributed by atoms with van der Waals surface area (Å²) in [4.78, 5) is 11.2. The molecule has 188 valence electrons. The lowest BCUT2D eigenvalue weighted by molar-refractivity contribution is 0.219. The zero-order chi connectivity index (χ0) is 24.8. The van der Waals surface area contributed by atoms with Gasteiger partial charge in [-0.2, -0.15) is 4.98 Å². The van der Waals surface area contributed by atoms with E-state index in [0.717, 1.165) is 43.0 Å². The lowest BCUT2D eigenvalue weighted by Crippen LogP contribution is -2.35. The van der Waals surface area contributed by atoms with Crippen molar-refractivity contribution in [3.05, 3.63) is 48.4 Å². The number of benzene rings is 1. The summed E-state index contributed by atoms with van der Waals surface area (Å²) in [5, 5.41) is 12.9. The van der Waals surface area contributed by atoms with Crippen LogP contribution in [0.3, 0.4) is 0 Å². The molecule has 0 atom stereocenters. The third-order valence-electron chi connectivity index (χ3n) is 5.92. The first-order valence-corrected chi connectivity index (χ1v) is 13.2. The molecular weight excluding hydrogens is 470 g/mol. The van der Waals surface area contributed by atoms with Crippen LogP contribution in [0.25, 0.3) is 11.3 Å². The Labute approximate surface area is 205 Å². The molecule has 0 unspecified atom stereocenters. The van der Waals surface area contributed by atoms with Gasteiger partial charge in [-0.15, -0.1) is 0 Å². The first-order chi connectivity index (χ1) is 16.9. The number of hydrogen-bond acceptors (Lipinski definition) is 9. The molecule has 2 N–H and O–H groups in total. The molecule has 0 amide bonds. The molecule has 1 aliphatic heterocycles. The Morgan fingerprint density at radius 2 is 1.91 bits per heavy atom. The number of hydrogen-bond donors (Lipinski definition) is 2. The number of anilines is 1. The van der Waals surface area contributed by atoms with Crippen LogP contribution in [0.5, 0.6) is 5.75 Å². The first kappa shape index (κ1) is 25.1. The van der Waals surface area contributed by atoms with E-state index in [1.807, 2.05) is 26.0 Å². The predicted molar refractivity (Wildman–Crippen MR) is 131 cm³/mol. The molecule has 10 nitrogen and oxygen atoms in total. The van der Waals surface area contributed by atoms with Gasteiger partial charge in [0.25, 0.3) is 0 Å². The molecule has 35 heavy (non-hydrogen) atoms. The summed E-state index contributed by atoms with van der Waals surface area (Å²) in [5.41, 5.74) is 1.52. The zero-order valence-electron chi connectivity index (χ0n) is 19.9. The van der Waals surface area contributed by atoms with E-state index in [4.69, 9.17) is 14.4 Å².